The molecule has 0 saturated carbocycles. The first-order valence-corrected chi connectivity index (χ1v) is 28.0. The fourth-order valence-corrected chi connectivity index (χ4v) is 11.1. The Balaban J connectivity index is 0.000000382. The van der Waals surface area contributed by atoms with E-state index in [0.29, 0.717) is 54.6 Å². The first-order chi connectivity index (χ1) is 28.1. The predicted molar refractivity (Wildman–Crippen MR) is 257 cm³/mol. The number of nitrogens with zero attached hydrogens (tertiary/aromatic N) is 4. The van der Waals surface area contributed by atoms with Gasteiger partial charge in [0.2, 0.25) is 31.9 Å². The molecule has 3 unspecified atom stereocenters. The topological polar surface area (TPSA) is 127 Å². The van der Waals surface area contributed by atoms with Crippen LogP contribution in [0.2, 0.25) is 0 Å². The molecule has 1 N–H and O–H groups in total. The van der Waals surface area contributed by atoms with Crippen LogP contribution in [0.1, 0.15) is 161 Å². The van der Waals surface area contributed by atoms with Crippen LogP contribution in [-0.2, 0) is 29.6 Å². The molecule has 0 aliphatic carbocycles. The summed E-state index contributed by atoms with van der Waals surface area (Å²) in [4.78, 5) is 26.0. The van der Waals surface area contributed by atoms with Crippen LogP contribution >= 0.6 is 0 Å². The van der Waals surface area contributed by atoms with Crippen molar-refractivity contribution in [2.45, 2.75) is 161 Å². The molecule has 5 saturated heterocycles. The first-order valence-electron chi connectivity index (χ1n) is 24.3. The predicted octanol–water partition coefficient (Wildman–Crippen LogP) is 8.85. The average molecular weight is 904 g/mol. The summed E-state index contributed by atoms with van der Waals surface area (Å²) in [6.07, 6.45) is 15.8. The molecule has 362 valence electrons. The zero-order valence-electron chi connectivity index (χ0n) is 42.1. The number of sulfonamides is 2. The normalized spacial score (nSPS) is 24.3. The molecule has 13 heteroatoms. The molecule has 2 amide bonds. The van der Waals surface area contributed by atoms with Gasteiger partial charge in [-0.15, -0.1) is 0 Å². The van der Waals surface area contributed by atoms with Gasteiger partial charge >= 0.3 is 0 Å². The van der Waals surface area contributed by atoms with E-state index in [4.69, 9.17) is 0 Å². The highest BCUT2D eigenvalue weighted by Gasteiger charge is 2.29. The van der Waals surface area contributed by atoms with Crippen LogP contribution in [0.5, 0.6) is 0 Å². The van der Waals surface area contributed by atoms with Gasteiger partial charge in [0, 0.05) is 66.2 Å². The van der Waals surface area contributed by atoms with Crippen molar-refractivity contribution in [3.63, 3.8) is 0 Å². The molecule has 0 aromatic heterocycles. The number of carbonyl (C=O) groups excluding carboxylic acids is 2. The molecule has 61 heavy (non-hydrogen) atoms. The first kappa shape index (κ1) is 57.7. The minimum atomic E-state index is -2.96. The van der Waals surface area contributed by atoms with Crippen molar-refractivity contribution < 1.29 is 26.4 Å². The van der Waals surface area contributed by atoms with E-state index in [1.807, 2.05) is 9.80 Å². The second-order valence-corrected chi connectivity index (χ2v) is 25.4. The van der Waals surface area contributed by atoms with Crippen LogP contribution in [0, 0.1) is 58.7 Å². The van der Waals surface area contributed by atoms with E-state index >= 15 is 0 Å². The van der Waals surface area contributed by atoms with E-state index in [0.717, 1.165) is 75.7 Å². The quantitative estimate of drug-likeness (QED) is 0.282. The van der Waals surface area contributed by atoms with E-state index in [2.05, 4.69) is 81.5 Å². The molecular formula is C48H97N5O6S2. The smallest absolute Gasteiger partial charge is 0.219 e. The Morgan fingerprint density at radius 3 is 1.33 bits per heavy atom. The summed E-state index contributed by atoms with van der Waals surface area (Å²) in [5.41, 5.74) is 0.520. The van der Waals surface area contributed by atoms with Crippen LogP contribution < -0.4 is 5.32 Å². The maximum Gasteiger partial charge on any atom is 0.219 e. The Kier molecular flexibility index (Phi) is 26.4. The van der Waals surface area contributed by atoms with Crippen molar-refractivity contribution >= 4 is 31.9 Å². The molecule has 0 bridgehead atoms. The number of carbonyl (C=O) groups is 2. The Morgan fingerprint density at radius 1 is 0.492 bits per heavy atom. The SMILES string of the molecule is CC(=O)N1CCC(C(C)C)CC1.CC(=O)N1CCCC(C(C)C)C1.CC(C)(C)C1CCCNCC1.CC(C)C1CCCN(S(C)(=O)=O)C1.CC(C)C1CCN(S(C)(=O)=O)CC1. The maximum atomic E-state index is 11.3. The van der Waals surface area contributed by atoms with Gasteiger partial charge in [-0.25, -0.2) is 25.4 Å². The van der Waals surface area contributed by atoms with Crippen molar-refractivity contribution in [3.8, 4) is 0 Å². The zero-order valence-corrected chi connectivity index (χ0v) is 43.7. The number of piperidine rings is 4. The Hall–Kier alpha value is -1.28. The van der Waals surface area contributed by atoms with Crippen molar-refractivity contribution in [2.75, 3.05) is 78.0 Å². The molecule has 5 rings (SSSR count). The van der Waals surface area contributed by atoms with E-state index < -0.39 is 20.0 Å². The summed E-state index contributed by atoms with van der Waals surface area (Å²) in [5.74, 6) is 6.97. The van der Waals surface area contributed by atoms with E-state index in [9.17, 15) is 26.4 Å². The zero-order chi connectivity index (χ0) is 46.7. The third-order valence-corrected chi connectivity index (χ3v) is 16.9. The summed E-state index contributed by atoms with van der Waals surface area (Å²) in [6.45, 7) is 37.4. The monoisotopic (exact) mass is 904 g/mol. The lowest BCUT2D eigenvalue weighted by molar-refractivity contribution is -0.131. The van der Waals surface area contributed by atoms with Gasteiger partial charge < -0.3 is 15.1 Å². The van der Waals surface area contributed by atoms with Crippen molar-refractivity contribution in [1.82, 2.24) is 23.7 Å². The van der Waals surface area contributed by atoms with Gasteiger partial charge in [0.1, 0.15) is 0 Å². The molecule has 5 heterocycles. The lowest BCUT2D eigenvalue weighted by Gasteiger charge is -2.34. The Bertz CT molecular complexity index is 1440. The van der Waals surface area contributed by atoms with Gasteiger partial charge in [-0.3, -0.25) is 9.59 Å². The number of hydrogen-bond acceptors (Lipinski definition) is 7. The second kappa shape index (κ2) is 27.9. The largest absolute Gasteiger partial charge is 0.343 e. The highest BCUT2D eigenvalue weighted by atomic mass is 32.2. The maximum absolute atomic E-state index is 11.3. The molecule has 5 fully saturated rings. The summed E-state index contributed by atoms with van der Waals surface area (Å²) < 4.78 is 48.1. The highest BCUT2D eigenvalue weighted by Crippen LogP contribution is 2.33. The minimum Gasteiger partial charge on any atom is -0.343 e. The standard InChI is InChI=1S/2C10H19NO.C10H21N.2C9H19NO2S/c1-8(2)10-4-6-11(7-5-10)9(3)12;1-8(2)10-5-4-6-11(7-10)9(3)12;1-10(2,3)9-5-4-7-11-8-6-9;1-8(2)9-4-6-10(7-5-9)13(3,11)12;1-8(2)9-5-4-6-10(7-9)13(3,11)12/h2*8,10H,4-7H2,1-3H3;9,11H,4-8H2,1-3H3;2*8-9H,4-7H2,1-3H3. The van der Waals surface area contributed by atoms with Crippen LogP contribution in [0.3, 0.4) is 0 Å². The Labute approximate surface area is 377 Å². The third-order valence-electron chi connectivity index (χ3n) is 14.3. The molecule has 5 aliphatic rings. The average Bonchev–Trinajstić information content (AvgIpc) is 3.49. The molecule has 0 aromatic carbocycles. The van der Waals surface area contributed by atoms with Gasteiger partial charge in [-0.1, -0.05) is 76.2 Å². The number of nitrogens with one attached hydrogen (secondary N) is 1. The van der Waals surface area contributed by atoms with Gasteiger partial charge in [0.15, 0.2) is 0 Å². The number of amides is 2. The molecule has 0 spiro atoms. The van der Waals surface area contributed by atoms with Gasteiger partial charge in [0.25, 0.3) is 0 Å². The highest BCUT2D eigenvalue weighted by molar-refractivity contribution is 7.88. The summed E-state index contributed by atoms with van der Waals surface area (Å²) in [5, 5.41) is 3.45. The number of likely N-dealkylation sites (tertiary alicyclic amines) is 2. The summed E-state index contributed by atoms with van der Waals surface area (Å²) in [7, 11) is -5.90. The van der Waals surface area contributed by atoms with Crippen molar-refractivity contribution in [2.24, 2.45) is 58.7 Å². The summed E-state index contributed by atoms with van der Waals surface area (Å²) in [6, 6.07) is 0. The Morgan fingerprint density at radius 2 is 0.918 bits per heavy atom. The van der Waals surface area contributed by atoms with E-state index in [-0.39, 0.29) is 11.8 Å². The van der Waals surface area contributed by atoms with Crippen LogP contribution in [-0.4, -0.2) is 125 Å². The molecular weight excluding hydrogens is 807 g/mol. The van der Waals surface area contributed by atoms with Gasteiger partial charge in [-0.05, 0) is 142 Å². The van der Waals surface area contributed by atoms with E-state index in [1.165, 1.54) is 77.0 Å². The minimum absolute atomic E-state index is 0.234. The van der Waals surface area contributed by atoms with Gasteiger partial charge in [-0.2, -0.15) is 0 Å². The van der Waals surface area contributed by atoms with Crippen LogP contribution in [0.15, 0.2) is 0 Å². The lowest BCUT2D eigenvalue weighted by atomic mass is 9.77. The summed E-state index contributed by atoms with van der Waals surface area (Å²) >= 11 is 0. The van der Waals surface area contributed by atoms with Crippen molar-refractivity contribution in [1.29, 1.82) is 0 Å². The molecule has 0 radical (unpaired) electrons. The van der Waals surface area contributed by atoms with Crippen LogP contribution in [0.4, 0.5) is 0 Å². The number of rotatable bonds is 6. The van der Waals surface area contributed by atoms with E-state index in [1.54, 1.807) is 22.5 Å². The third kappa shape index (κ3) is 23.5. The lowest BCUT2D eigenvalue weighted by Crippen LogP contribution is -2.40. The fraction of sp³-hybridized carbons (Fsp3) is 0.958. The van der Waals surface area contributed by atoms with Crippen LogP contribution in [0.25, 0.3) is 0 Å². The second-order valence-electron chi connectivity index (χ2n) is 21.5. The van der Waals surface area contributed by atoms with Crippen molar-refractivity contribution in [3.05, 3.63) is 0 Å². The molecule has 5 aliphatic heterocycles. The number of hydrogen-bond donors (Lipinski definition) is 1. The molecule has 3 atom stereocenters. The fourth-order valence-electron chi connectivity index (χ4n) is 9.30. The van der Waals surface area contributed by atoms with Gasteiger partial charge in [0.05, 0.1) is 12.5 Å². The molecule has 11 nitrogen and oxygen atoms in total. The molecule has 0 aromatic rings.